The monoisotopic (exact) mass is 606 g/mol. The van der Waals surface area contributed by atoms with Crippen molar-refractivity contribution in [3.63, 3.8) is 0 Å². The molecular formula is C48H30. The molecule has 0 radical (unpaired) electrons. The van der Waals surface area contributed by atoms with Crippen LogP contribution in [-0.2, 0) is 0 Å². The van der Waals surface area contributed by atoms with Crippen LogP contribution in [-0.4, -0.2) is 0 Å². The normalized spacial score (nSPS) is 11.8. The van der Waals surface area contributed by atoms with Gasteiger partial charge in [-0.2, -0.15) is 0 Å². The first kappa shape index (κ1) is 26.9. The van der Waals surface area contributed by atoms with Gasteiger partial charge in [0, 0.05) is 0 Å². The highest BCUT2D eigenvalue weighted by Crippen LogP contribution is 2.48. The predicted octanol–water partition coefficient (Wildman–Crippen LogP) is 13.6. The van der Waals surface area contributed by atoms with Crippen LogP contribution in [0.3, 0.4) is 0 Å². The van der Waals surface area contributed by atoms with Gasteiger partial charge in [-0.3, -0.25) is 0 Å². The molecule has 0 nitrogen and oxygen atoms in total. The average molecular weight is 607 g/mol. The van der Waals surface area contributed by atoms with E-state index in [0.29, 0.717) is 0 Å². The molecule has 0 heterocycles. The van der Waals surface area contributed by atoms with Gasteiger partial charge in [0.1, 0.15) is 0 Å². The van der Waals surface area contributed by atoms with Crippen molar-refractivity contribution in [3.8, 4) is 33.4 Å². The molecule has 48 heavy (non-hydrogen) atoms. The Balaban J connectivity index is 1.35. The van der Waals surface area contributed by atoms with Crippen molar-refractivity contribution in [2.75, 3.05) is 0 Å². The quantitative estimate of drug-likeness (QED) is 0.139. The first-order chi connectivity index (χ1) is 23.8. The third kappa shape index (κ3) is 4.03. The van der Waals surface area contributed by atoms with Crippen LogP contribution in [0.5, 0.6) is 0 Å². The van der Waals surface area contributed by atoms with E-state index in [9.17, 15) is 0 Å². The number of rotatable bonds is 3. The molecule has 0 unspecified atom stereocenters. The molecule has 10 aromatic carbocycles. The van der Waals surface area contributed by atoms with E-state index in [1.165, 1.54) is 98.0 Å². The number of hydrogen-bond acceptors (Lipinski definition) is 0. The van der Waals surface area contributed by atoms with E-state index in [0.717, 1.165) is 0 Å². The smallest absolute Gasteiger partial charge is 0.00199 e. The van der Waals surface area contributed by atoms with Crippen LogP contribution in [0.1, 0.15) is 0 Å². The van der Waals surface area contributed by atoms with Gasteiger partial charge in [0.2, 0.25) is 0 Å². The fourth-order valence-electron chi connectivity index (χ4n) is 8.09. The van der Waals surface area contributed by atoms with Crippen molar-refractivity contribution in [1.29, 1.82) is 0 Å². The maximum atomic E-state index is 2.42. The van der Waals surface area contributed by atoms with Gasteiger partial charge in [0.15, 0.2) is 0 Å². The predicted molar refractivity (Wildman–Crippen MR) is 208 cm³/mol. The van der Waals surface area contributed by atoms with Gasteiger partial charge in [0.05, 0.1) is 0 Å². The van der Waals surface area contributed by atoms with Crippen molar-refractivity contribution < 1.29 is 0 Å². The van der Waals surface area contributed by atoms with Crippen LogP contribution in [0.15, 0.2) is 182 Å². The fourth-order valence-corrected chi connectivity index (χ4v) is 8.09. The number of benzene rings is 10. The second-order valence-electron chi connectivity index (χ2n) is 12.8. The zero-order chi connectivity index (χ0) is 31.6. The molecule has 0 aromatic heterocycles. The standard InChI is InChI=1S/C48H30/c1-2-14-31(15-3-1)32-26-27-39-44(28-32)36-19-7-5-17-34(36)30-46(39)48-42-24-12-10-22-40(42)47(41-23-11-13-25-43(41)48)45-29-33-16-4-6-18-35(33)37-20-8-9-21-38(37)45/h1-30H. The van der Waals surface area contributed by atoms with E-state index in [4.69, 9.17) is 0 Å². The number of fused-ring (bicyclic) bond motifs is 8. The highest BCUT2D eigenvalue weighted by Gasteiger charge is 2.21. The second kappa shape index (κ2) is 10.7. The van der Waals surface area contributed by atoms with Gasteiger partial charge >= 0.3 is 0 Å². The fraction of sp³-hybridized carbons (Fsp3) is 0. The molecule has 0 heteroatoms. The summed E-state index contributed by atoms with van der Waals surface area (Å²) in [4.78, 5) is 0. The Morgan fingerprint density at radius 1 is 0.208 bits per heavy atom. The molecule has 222 valence electrons. The van der Waals surface area contributed by atoms with Crippen molar-refractivity contribution in [2.45, 2.75) is 0 Å². The Hall–Kier alpha value is -6.24. The van der Waals surface area contributed by atoms with Gasteiger partial charge in [-0.1, -0.05) is 164 Å². The van der Waals surface area contributed by atoms with E-state index < -0.39 is 0 Å². The molecule has 10 aromatic rings. The Kier molecular flexibility index (Phi) is 5.98. The third-order valence-electron chi connectivity index (χ3n) is 10.2. The molecule has 10 rings (SSSR count). The average Bonchev–Trinajstić information content (AvgIpc) is 3.16. The lowest BCUT2D eigenvalue weighted by Gasteiger charge is -2.21. The minimum Gasteiger partial charge on any atom is -0.0622 e. The highest BCUT2D eigenvalue weighted by molar-refractivity contribution is 6.28. The molecule has 0 saturated carbocycles. The largest absolute Gasteiger partial charge is 0.0622 e. The van der Waals surface area contributed by atoms with E-state index in [1.807, 2.05) is 0 Å². The van der Waals surface area contributed by atoms with E-state index in [-0.39, 0.29) is 0 Å². The SMILES string of the molecule is c1ccc(-c2ccc3c(-c4c5ccccc5c(-c5cc6ccccc6c6ccccc56)c5ccccc45)cc4ccccc4c3c2)cc1. The lowest BCUT2D eigenvalue weighted by atomic mass is 9.82. The zero-order valence-electron chi connectivity index (χ0n) is 26.3. The van der Waals surface area contributed by atoms with Gasteiger partial charge in [-0.05, 0) is 116 Å². The molecule has 0 aliphatic heterocycles. The Bertz CT molecular complexity index is 2820. The molecule has 0 aliphatic carbocycles. The Morgan fingerprint density at radius 3 is 1.15 bits per heavy atom. The molecular weight excluding hydrogens is 577 g/mol. The summed E-state index contributed by atoms with van der Waals surface area (Å²) in [5, 5.41) is 15.3. The molecule has 0 spiro atoms. The van der Waals surface area contributed by atoms with Crippen LogP contribution in [0.2, 0.25) is 0 Å². The molecule has 0 fully saturated rings. The van der Waals surface area contributed by atoms with Crippen LogP contribution >= 0.6 is 0 Å². The first-order valence-electron chi connectivity index (χ1n) is 16.7. The van der Waals surface area contributed by atoms with Crippen LogP contribution < -0.4 is 0 Å². The van der Waals surface area contributed by atoms with Crippen LogP contribution in [0.25, 0.3) is 98.0 Å². The molecule has 0 aliphatic rings. The van der Waals surface area contributed by atoms with Gasteiger partial charge in [0.25, 0.3) is 0 Å². The molecule has 0 amide bonds. The molecule has 0 bridgehead atoms. The van der Waals surface area contributed by atoms with Crippen molar-refractivity contribution >= 4 is 64.6 Å². The summed E-state index contributed by atoms with van der Waals surface area (Å²) in [5.41, 5.74) is 7.60. The number of hydrogen-bond donors (Lipinski definition) is 0. The van der Waals surface area contributed by atoms with E-state index >= 15 is 0 Å². The van der Waals surface area contributed by atoms with Crippen LogP contribution in [0.4, 0.5) is 0 Å². The van der Waals surface area contributed by atoms with Gasteiger partial charge < -0.3 is 0 Å². The second-order valence-corrected chi connectivity index (χ2v) is 12.8. The van der Waals surface area contributed by atoms with Crippen LogP contribution in [0, 0.1) is 0 Å². The Morgan fingerprint density at radius 2 is 0.604 bits per heavy atom. The third-order valence-corrected chi connectivity index (χ3v) is 10.2. The van der Waals surface area contributed by atoms with E-state index in [1.54, 1.807) is 0 Å². The summed E-state index contributed by atoms with van der Waals surface area (Å²) in [6.45, 7) is 0. The summed E-state index contributed by atoms with van der Waals surface area (Å²) in [6, 6.07) is 67.1. The van der Waals surface area contributed by atoms with Gasteiger partial charge in [-0.15, -0.1) is 0 Å². The maximum absolute atomic E-state index is 2.42. The summed E-state index contributed by atoms with van der Waals surface area (Å²) in [5.74, 6) is 0. The van der Waals surface area contributed by atoms with Crippen molar-refractivity contribution in [1.82, 2.24) is 0 Å². The summed E-state index contributed by atoms with van der Waals surface area (Å²) >= 11 is 0. The molecule has 0 saturated heterocycles. The lowest BCUT2D eigenvalue weighted by Crippen LogP contribution is -1.93. The van der Waals surface area contributed by atoms with E-state index in [2.05, 4.69) is 182 Å². The maximum Gasteiger partial charge on any atom is -0.00199 e. The van der Waals surface area contributed by atoms with Crippen molar-refractivity contribution in [3.05, 3.63) is 182 Å². The summed E-state index contributed by atoms with van der Waals surface area (Å²) in [6.07, 6.45) is 0. The van der Waals surface area contributed by atoms with Crippen molar-refractivity contribution in [2.24, 2.45) is 0 Å². The minimum atomic E-state index is 1.23. The zero-order valence-corrected chi connectivity index (χ0v) is 26.3. The lowest BCUT2D eigenvalue weighted by molar-refractivity contribution is 1.65. The van der Waals surface area contributed by atoms with Gasteiger partial charge in [-0.25, -0.2) is 0 Å². The highest BCUT2D eigenvalue weighted by atomic mass is 14.2. The summed E-state index contributed by atoms with van der Waals surface area (Å²) in [7, 11) is 0. The molecule has 0 atom stereocenters. The summed E-state index contributed by atoms with van der Waals surface area (Å²) < 4.78 is 0. The topological polar surface area (TPSA) is 0 Å². The Labute approximate surface area is 279 Å². The minimum absolute atomic E-state index is 1.23. The first-order valence-corrected chi connectivity index (χ1v) is 16.7. The molecule has 0 N–H and O–H groups in total.